The van der Waals surface area contributed by atoms with Crippen molar-refractivity contribution in [1.29, 1.82) is 0 Å². The minimum atomic E-state index is 0.260. The molecule has 15 heavy (non-hydrogen) atoms. The molecule has 0 N–H and O–H groups in total. The van der Waals surface area contributed by atoms with Crippen LogP contribution >= 0.6 is 11.8 Å². The van der Waals surface area contributed by atoms with E-state index in [2.05, 4.69) is 50.3 Å². The van der Waals surface area contributed by atoms with Crippen molar-refractivity contribution >= 4 is 11.8 Å². The zero-order valence-electron chi connectivity index (χ0n) is 9.49. The summed E-state index contributed by atoms with van der Waals surface area (Å²) >= 11 is 2.01. The van der Waals surface area contributed by atoms with Gasteiger partial charge in [0.25, 0.3) is 0 Å². The van der Waals surface area contributed by atoms with E-state index in [9.17, 15) is 0 Å². The van der Waals surface area contributed by atoms with Crippen LogP contribution < -0.4 is 0 Å². The van der Waals surface area contributed by atoms with Crippen LogP contribution in [-0.4, -0.2) is 5.75 Å². The predicted octanol–water partition coefficient (Wildman–Crippen LogP) is 4.48. The molecule has 0 bridgehead atoms. The summed E-state index contributed by atoms with van der Waals surface area (Å²) in [6.07, 6.45) is 16.0. The van der Waals surface area contributed by atoms with Gasteiger partial charge in [0.05, 0.1) is 0 Å². The quantitative estimate of drug-likeness (QED) is 0.616. The van der Waals surface area contributed by atoms with Crippen molar-refractivity contribution in [3.05, 3.63) is 46.9 Å². The first-order chi connectivity index (χ1) is 7.26. The fraction of sp³-hybridized carbons (Fsp3) is 0.429. The van der Waals surface area contributed by atoms with Gasteiger partial charge in [-0.15, -0.1) is 11.8 Å². The van der Waals surface area contributed by atoms with E-state index in [1.54, 1.807) is 5.57 Å². The number of thioether (sulfide) groups is 1. The SMILES string of the molecule is C/C=C\C=C/C1(C)CSC2=CCCC=C21. The fourth-order valence-electron chi connectivity index (χ4n) is 2.13. The number of fused-ring (bicyclic) bond motifs is 1. The third-order valence-corrected chi connectivity index (χ3v) is 4.46. The lowest BCUT2D eigenvalue weighted by atomic mass is 9.81. The third-order valence-electron chi connectivity index (χ3n) is 3.02. The van der Waals surface area contributed by atoms with Crippen molar-refractivity contribution in [2.24, 2.45) is 5.41 Å². The van der Waals surface area contributed by atoms with Gasteiger partial charge in [-0.25, -0.2) is 0 Å². The normalized spacial score (nSPS) is 30.8. The highest BCUT2D eigenvalue weighted by Gasteiger charge is 2.35. The van der Waals surface area contributed by atoms with Gasteiger partial charge in [0, 0.05) is 16.1 Å². The molecule has 2 aliphatic rings. The maximum absolute atomic E-state index is 2.43. The van der Waals surface area contributed by atoms with Crippen LogP contribution in [0.15, 0.2) is 46.9 Å². The average Bonchev–Trinajstić information content (AvgIpc) is 2.59. The van der Waals surface area contributed by atoms with Gasteiger partial charge in [-0.2, -0.15) is 0 Å². The molecule has 1 saturated heterocycles. The van der Waals surface area contributed by atoms with E-state index in [0.29, 0.717) is 0 Å². The Morgan fingerprint density at radius 3 is 2.87 bits per heavy atom. The second kappa shape index (κ2) is 4.44. The van der Waals surface area contributed by atoms with Crippen LogP contribution in [0.25, 0.3) is 0 Å². The maximum Gasteiger partial charge on any atom is 0.0208 e. The van der Waals surface area contributed by atoms with Crippen molar-refractivity contribution in [2.45, 2.75) is 26.7 Å². The summed E-state index contributed by atoms with van der Waals surface area (Å²) < 4.78 is 0. The summed E-state index contributed by atoms with van der Waals surface area (Å²) in [5, 5.41) is 0. The summed E-state index contributed by atoms with van der Waals surface area (Å²) in [6.45, 7) is 4.40. The molecule has 0 saturated carbocycles. The van der Waals surface area contributed by atoms with Gasteiger partial charge in [-0.1, -0.05) is 43.4 Å². The lowest BCUT2D eigenvalue weighted by molar-refractivity contribution is 0.612. The minimum Gasteiger partial charge on any atom is -0.125 e. The molecular formula is C14H18S. The van der Waals surface area contributed by atoms with Crippen LogP contribution in [0.1, 0.15) is 26.7 Å². The molecule has 0 amide bonds. The van der Waals surface area contributed by atoms with E-state index < -0.39 is 0 Å². The highest BCUT2D eigenvalue weighted by Crippen LogP contribution is 2.51. The predicted molar refractivity (Wildman–Crippen MR) is 69.9 cm³/mol. The van der Waals surface area contributed by atoms with E-state index >= 15 is 0 Å². The Balaban J connectivity index is 2.23. The highest BCUT2D eigenvalue weighted by atomic mass is 32.2. The Labute approximate surface area is 96.8 Å². The van der Waals surface area contributed by atoms with Gasteiger partial charge in [0.1, 0.15) is 0 Å². The Hall–Kier alpha value is -0.690. The Kier molecular flexibility index (Phi) is 3.20. The molecule has 2 rings (SSSR count). The number of hydrogen-bond acceptors (Lipinski definition) is 1. The molecular weight excluding hydrogens is 200 g/mol. The lowest BCUT2D eigenvalue weighted by Gasteiger charge is -2.22. The zero-order chi connectivity index (χ0) is 10.7. The van der Waals surface area contributed by atoms with Crippen LogP contribution in [0.3, 0.4) is 0 Å². The summed E-state index contributed by atoms with van der Waals surface area (Å²) in [6, 6.07) is 0. The number of allylic oxidation sites excluding steroid dienone is 7. The smallest absolute Gasteiger partial charge is 0.0208 e. The monoisotopic (exact) mass is 218 g/mol. The van der Waals surface area contributed by atoms with Crippen LogP contribution in [0, 0.1) is 5.41 Å². The Bertz CT molecular complexity index is 358. The highest BCUT2D eigenvalue weighted by molar-refractivity contribution is 8.03. The van der Waals surface area contributed by atoms with Gasteiger partial charge >= 0.3 is 0 Å². The molecule has 0 aromatic heterocycles. The first-order valence-corrected chi connectivity index (χ1v) is 6.59. The molecule has 1 heterocycles. The number of hydrogen-bond donors (Lipinski definition) is 0. The van der Waals surface area contributed by atoms with Crippen molar-refractivity contribution in [3.63, 3.8) is 0 Å². The lowest BCUT2D eigenvalue weighted by Crippen LogP contribution is -2.14. The van der Waals surface area contributed by atoms with Gasteiger partial charge in [-0.3, -0.25) is 0 Å². The van der Waals surface area contributed by atoms with Gasteiger partial charge in [-0.05, 0) is 25.3 Å². The van der Waals surface area contributed by atoms with Crippen molar-refractivity contribution in [1.82, 2.24) is 0 Å². The Morgan fingerprint density at radius 2 is 2.07 bits per heavy atom. The van der Waals surface area contributed by atoms with Crippen LogP contribution in [-0.2, 0) is 0 Å². The second-order valence-electron chi connectivity index (χ2n) is 4.35. The van der Waals surface area contributed by atoms with E-state index in [0.717, 1.165) is 0 Å². The molecule has 1 atom stereocenters. The molecule has 1 heteroatoms. The first kappa shape index (κ1) is 10.8. The fourth-order valence-corrected chi connectivity index (χ4v) is 3.54. The summed E-state index contributed by atoms with van der Waals surface area (Å²) in [7, 11) is 0. The minimum absolute atomic E-state index is 0.260. The van der Waals surface area contributed by atoms with Gasteiger partial charge < -0.3 is 0 Å². The molecule has 0 aromatic carbocycles. The van der Waals surface area contributed by atoms with Gasteiger partial charge in [0.2, 0.25) is 0 Å². The standard InChI is InChI=1S/C14H18S/c1-3-4-7-10-14(2)11-15-13-9-6-5-8-12(13)14/h3-4,7-10H,5-6,11H2,1-2H3/b4-3-,10-7-. The topological polar surface area (TPSA) is 0 Å². The van der Waals surface area contributed by atoms with E-state index in [4.69, 9.17) is 0 Å². The second-order valence-corrected chi connectivity index (χ2v) is 5.37. The average molecular weight is 218 g/mol. The largest absolute Gasteiger partial charge is 0.125 e. The maximum atomic E-state index is 2.43. The molecule has 0 nitrogen and oxygen atoms in total. The third kappa shape index (κ3) is 2.12. The van der Waals surface area contributed by atoms with Gasteiger partial charge in [0.15, 0.2) is 0 Å². The van der Waals surface area contributed by atoms with Crippen molar-refractivity contribution < 1.29 is 0 Å². The zero-order valence-corrected chi connectivity index (χ0v) is 10.3. The van der Waals surface area contributed by atoms with Crippen LogP contribution in [0.5, 0.6) is 0 Å². The van der Waals surface area contributed by atoms with E-state index in [-0.39, 0.29) is 5.41 Å². The molecule has 1 unspecified atom stereocenters. The van der Waals surface area contributed by atoms with Crippen molar-refractivity contribution in [3.8, 4) is 0 Å². The molecule has 1 aliphatic heterocycles. The van der Waals surface area contributed by atoms with E-state index in [1.165, 1.54) is 23.5 Å². The summed E-state index contributed by atoms with van der Waals surface area (Å²) in [5.41, 5.74) is 1.82. The Morgan fingerprint density at radius 1 is 1.27 bits per heavy atom. The van der Waals surface area contributed by atoms with Crippen LogP contribution in [0.2, 0.25) is 0 Å². The first-order valence-electron chi connectivity index (χ1n) is 5.61. The summed E-state index contributed by atoms with van der Waals surface area (Å²) in [4.78, 5) is 1.52. The molecule has 0 radical (unpaired) electrons. The summed E-state index contributed by atoms with van der Waals surface area (Å²) in [5.74, 6) is 1.19. The van der Waals surface area contributed by atoms with E-state index in [1.807, 2.05) is 11.8 Å². The molecule has 80 valence electrons. The van der Waals surface area contributed by atoms with Crippen LogP contribution in [0.4, 0.5) is 0 Å². The molecule has 1 aliphatic carbocycles. The molecule has 1 fully saturated rings. The number of rotatable bonds is 2. The molecule has 0 spiro atoms. The molecule has 0 aromatic rings. The van der Waals surface area contributed by atoms with Crippen molar-refractivity contribution in [2.75, 3.05) is 5.75 Å².